The van der Waals surface area contributed by atoms with Gasteiger partial charge in [-0.15, -0.1) is 0 Å². The van der Waals surface area contributed by atoms with Crippen LogP contribution in [0.1, 0.15) is 23.2 Å². The van der Waals surface area contributed by atoms with Crippen LogP contribution < -0.4 is 10.6 Å². The van der Waals surface area contributed by atoms with Gasteiger partial charge in [0, 0.05) is 19.1 Å². The Balaban J connectivity index is 1.87. The highest BCUT2D eigenvalue weighted by Gasteiger charge is 2.25. The van der Waals surface area contributed by atoms with Gasteiger partial charge in [-0.05, 0) is 32.0 Å². The topological polar surface area (TPSA) is 81.7 Å². The molecule has 0 saturated heterocycles. The van der Waals surface area contributed by atoms with Crippen molar-refractivity contribution in [3.63, 3.8) is 0 Å². The van der Waals surface area contributed by atoms with Crippen molar-refractivity contribution >= 4 is 17.7 Å². The summed E-state index contributed by atoms with van der Waals surface area (Å²) in [6.07, 6.45) is 2.38. The summed E-state index contributed by atoms with van der Waals surface area (Å²) in [7, 11) is 1.99. The Morgan fingerprint density at radius 3 is 2.76 bits per heavy atom. The fourth-order valence-corrected chi connectivity index (χ4v) is 2.06. The Labute approximate surface area is 121 Å². The Hall–Kier alpha value is -2.15. The maximum absolute atomic E-state index is 13.4. The number of amides is 2. The fraction of sp³-hybridized carbons (Fsp3) is 0.429. The van der Waals surface area contributed by atoms with E-state index in [4.69, 9.17) is 5.11 Å². The second-order valence-corrected chi connectivity index (χ2v) is 5.06. The monoisotopic (exact) mass is 295 g/mol. The van der Waals surface area contributed by atoms with Crippen molar-refractivity contribution in [3.05, 3.63) is 29.6 Å². The molecule has 1 aromatic carbocycles. The molecule has 0 bridgehead atoms. The minimum Gasteiger partial charge on any atom is -0.478 e. The minimum absolute atomic E-state index is 0.0597. The van der Waals surface area contributed by atoms with Crippen LogP contribution in [0.15, 0.2) is 18.2 Å². The van der Waals surface area contributed by atoms with Gasteiger partial charge in [0.2, 0.25) is 0 Å². The van der Waals surface area contributed by atoms with Gasteiger partial charge >= 0.3 is 12.0 Å². The van der Waals surface area contributed by atoms with E-state index >= 15 is 0 Å². The molecule has 3 N–H and O–H groups in total. The van der Waals surface area contributed by atoms with Gasteiger partial charge < -0.3 is 20.6 Å². The number of carbonyl (C=O) groups excluding carboxylic acids is 1. The zero-order chi connectivity index (χ0) is 15.4. The number of halogens is 1. The second-order valence-electron chi connectivity index (χ2n) is 5.06. The minimum atomic E-state index is -1.42. The molecule has 0 aliphatic heterocycles. The lowest BCUT2D eigenvalue weighted by atomic mass is 10.1. The number of carboxylic acid groups (broad SMARTS) is 1. The van der Waals surface area contributed by atoms with Crippen LogP contribution in [0, 0.1) is 5.82 Å². The van der Waals surface area contributed by atoms with Crippen LogP contribution >= 0.6 is 0 Å². The fourth-order valence-electron chi connectivity index (χ4n) is 2.06. The van der Waals surface area contributed by atoms with E-state index in [0.29, 0.717) is 19.1 Å². The van der Waals surface area contributed by atoms with Gasteiger partial charge in [0.25, 0.3) is 0 Å². The normalized spacial score (nSPS) is 14.0. The molecule has 1 fully saturated rings. The molecule has 2 rings (SSSR count). The lowest BCUT2D eigenvalue weighted by Gasteiger charge is -2.16. The quantitative estimate of drug-likeness (QED) is 0.746. The molecular weight excluding hydrogens is 277 g/mol. The Bertz CT molecular complexity index is 546. The zero-order valence-electron chi connectivity index (χ0n) is 11.7. The van der Waals surface area contributed by atoms with E-state index in [1.807, 2.05) is 7.05 Å². The van der Waals surface area contributed by atoms with Gasteiger partial charge in [0.1, 0.15) is 11.4 Å². The standard InChI is InChI=1S/C14H18FN3O3/c1-18(9-5-6-9)8-7-16-14(21)17-11-4-2-3-10(15)12(11)13(19)20/h2-4,9H,5-8H2,1H3,(H,19,20)(H2,16,17,21). The number of hydrogen-bond acceptors (Lipinski definition) is 3. The summed E-state index contributed by atoms with van der Waals surface area (Å²) in [6.45, 7) is 1.16. The number of anilines is 1. The summed E-state index contributed by atoms with van der Waals surface area (Å²) in [5, 5.41) is 13.9. The first-order chi connectivity index (χ1) is 9.99. The molecule has 0 atom stereocenters. The Morgan fingerprint density at radius 1 is 1.43 bits per heavy atom. The highest BCUT2D eigenvalue weighted by atomic mass is 19.1. The van der Waals surface area contributed by atoms with Gasteiger partial charge in [-0.3, -0.25) is 0 Å². The van der Waals surface area contributed by atoms with E-state index in [1.54, 1.807) is 0 Å². The average molecular weight is 295 g/mol. The lowest BCUT2D eigenvalue weighted by Crippen LogP contribution is -2.36. The van der Waals surface area contributed by atoms with Crippen LogP contribution in [0.5, 0.6) is 0 Å². The molecule has 1 saturated carbocycles. The predicted molar refractivity (Wildman–Crippen MR) is 76.0 cm³/mol. The number of carboxylic acids is 1. The van der Waals surface area contributed by atoms with E-state index in [2.05, 4.69) is 15.5 Å². The van der Waals surface area contributed by atoms with Crippen LogP contribution in [0.25, 0.3) is 0 Å². The lowest BCUT2D eigenvalue weighted by molar-refractivity contribution is 0.0693. The maximum atomic E-state index is 13.4. The largest absolute Gasteiger partial charge is 0.478 e. The first-order valence-corrected chi connectivity index (χ1v) is 6.76. The molecule has 1 aliphatic carbocycles. The number of benzene rings is 1. The van der Waals surface area contributed by atoms with Gasteiger partial charge in [-0.1, -0.05) is 6.07 Å². The molecule has 114 valence electrons. The molecule has 1 aliphatic rings. The molecule has 21 heavy (non-hydrogen) atoms. The van der Waals surface area contributed by atoms with Gasteiger partial charge in [-0.25, -0.2) is 14.0 Å². The summed E-state index contributed by atoms with van der Waals surface area (Å²) in [6, 6.07) is 3.79. The van der Waals surface area contributed by atoms with Gasteiger partial charge in [0.05, 0.1) is 5.69 Å². The molecule has 7 heteroatoms. The molecule has 0 radical (unpaired) electrons. The van der Waals surface area contributed by atoms with Crippen molar-refractivity contribution < 1.29 is 19.1 Å². The third kappa shape index (κ3) is 4.16. The van der Waals surface area contributed by atoms with E-state index in [0.717, 1.165) is 6.07 Å². The predicted octanol–water partition coefficient (Wildman–Crippen LogP) is 1.74. The molecule has 0 unspecified atom stereocenters. The third-order valence-corrected chi connectivity index (χ3v) is 3.40. The van der Waals surface area contributed by atoms with E-state index < -0.39 is 23.4 Å². The molecular formula is C14H18FN3O3. The molecule has 0 heterocycles. The number of aromatic carboxylic acids is 1. The number of rotatable bonds is 6. The van der Waals surface area contributed by atoms with E-state index in [-0.39, 0.29) is 5.69 Å². The smallest absolute Gasteiger partial charge is 0.340 e. The van der Waals surface area contributed by atoms with Crippen LogP contribution in [0.4, 0.5) is 14.9 Å². The number of carbonyl (C=O) groups is 2. The van der Waals surface area contributed by atoms with Crippen LogP contribution in [-0.2, 0) is 0 Å². The summed E-state index contributed by atoms with van der Waals surface area (Å²) in [5.41, 5.74) is -0.599. The zero-order valence-corrected chi connectivity index (χ0v) is 11.7. The molecule has 0 aromatic heterocycles. The molecule has 0 spiro atoms. The molecule has 2 amide bonds. The SMILES string of the molecule is CN(CCNC(=O)Nc1cccc(F)c1C(=O)O)C1CC1. The van der Waals surface area contributed by atoms with Gasteiger partial charge in [0.15, 0.2) is 0 Å². The van der Waals surface area contributed by atoms with Crippen molar-refractivity contribution in [1.82, 2.24) is 10.2 Å². The van der Waals surface area contributed by atoms with Crippen molar-refractivity contribution in [3.8, 4) is 0 Å². The van der Waals surface area contributed by atoms with Crippen molar-refractivity contribution in [1.29, 1.82) is 0 Å². The average Bonchev–Trinajstić information content (AvgIpc) is 3.22. The number of nitrogens with zero attached hydrogens (tertiary/aromatic N) is 1. The van der Waals surface area contributed by atoms with Crippen LogP contribution in [0.3, 0.4) is 0 Å². The first-order valence-electron chi connectivity index (χ1n) is 6.76. The first kappa shape index (κ1) is 15.2. The molecule has 1 aromatic rings. The van der Waals surface area contributed by atoms with Crippen LogP contribution in [-0.4, -0.2) is 48.2 Å². The summed E-state index contributed by atoms with van der Waals surface area (Å²) in [4.78, 5) is 24.9. The van der Waals surface area contributed by atoms with Crippen LogP contribution in [0.2, 0.25) is 0 Å². The number of urea groups is 1. The number of nitrogens with one attached hydrogen (secondary N) is 2. The Morgan fingerprint density at radius 2 is 2.14 bits per heavy atom. The van der Waals surface area contributed by atoms with E-state index in [1.165, 1.54) is 25.0 Å². The summed E-state index contributed by atoms with van der Waals surface area (Å²) in [5.74, 6) is -2.30. The highest BCUT2D eigenvalue weighted by molar-refractivity contribution is 6.00. The number of likely N-dealkylation sites (N-methyl/N-ethyl adjacent to an activating group) is 1. The van der Waals surface area contributed by atoms with E-state index in [9.17, 15) is 14.0 Å². The molecule has 6 nitrogen and oxygen atoms in total. The second kappa shape index (κ2) is 6.53. The maximum Gasteiger partial charge on any atom is 0.340 e. The summed E-state index contributed by atoms with van der Waals surface area (Å²) < 4.78 is 13.4. The highest BCUT2D eigenvalue weighted by Crippen LogP contribution is 2.24. The van der Waals surface area contributed by atoms with Crippen molar-refractivity contribution in [2.75, 3.05) is 25.5 Å². The van der Waals surface area contributed by atoms with Crippen molar-refractivity contribution in [2.24, 2.45) is 0 Å². The van der Waals surface area contributed by atoms with Gasteiger partial charge in [-0.2, -0.15) is 0 Å². The van der Waals surface area contributed by atoms with Crippen molar-refractivity contribution in [2.45, 2.75) is 18.9 Å². The Kier molecular flexibility index (Phi) is 4.74. The summed E-state index contributed by atoms with van der Waals surface area (Å²) >= 11 is 0. The number of hydrogen-bond donors (Lipinski definition) is 3. The third-order valence-electron chi connectivity index (χ3n) is 3.40.